The molecular weight excluding hydrogens is 831 g/mol. The molecule has 0 bridgehead atoms. The number of ether oxygens (including phenoxy) is 2. The van der Waals surface area contributed by atoms with Crippen LogP contribution in [0, 0.1) is 0 Å². The van der Waals surface area contributed by atoms with Gasteiger partial charge in [-0.3, -0.25) is 58.8 Å². The summed E-state index contributed by atoms with van der Waals surface area (Å²) in [6.07, 6.45) is 12.3. The minimum absolute atomic E-state index is 0.0834. The zero-order valence-corrected chi connectivity index (χ0v) is 37.7. The lowest BCUT2D eigenvalue weighted by Crippen LogP contribution is -2.54. The Morgan fingerprint density at radius 3 is 1.41 bits per heavy atom. The number of aliphatic hydroxyl groups excluding tert-OH is 1. The first kappa shape index (κ1) is 50.3. The Hall–Kier alpha value is -5.34. The third-order valence-corrected chi connectivity index (χ3v) is 10.4. The molecule has 0 spiro atoms. The molecule has 63 heavy (non-hydrogen) atoms. The number of carbonyl (C=O) groups excluding carboxylic acids is 9. The Kier molecular flexibility index (Phi) is 22.1. The van der Waals surface area contributed by atoms with Crippen LogP contribution in [0.1, 0.15) is 159 Å². The third kappa shape index (κ3) is 14.3. The Balaban J connectivity index is 0.000000303. The van der Waals surface area contributed by atoms with Crippen LogP contribution >= 0.6 is 8.58 Å². The van der Waals surface area contributed by atoms with E-state index in [1.54, 1.807) is 43.3 Å². The molecule has 6 rings (SSSR count). The zero-order chi connectivity index (χ0) is 47.0. The number of imide groups is 4. The van der Waals surface area contributed by atoms with E-state index in [1.807, 2.05) is 0 Å². The molecule has 2 fully saturated rings. The SMILES string of the molecule is CPC.O=C1CCC(N2C(=O)c3cccc(OCCCCCCCCO)c3C2=O)C(=O)N1.O=CCCCCCCCOc1cccc2c1C(=O)N(C1CCC(=O)NC1=O)C2=O.[2H]CC. The van der Waals surface area contributed by atoms with Crippen LogP contribution in [0.2, 0.25) is 0 Å². The van der Waals surface area contributed by atoms with E-state index in [2.05, 4.69) is 24.0 Å². The van der Waals surface area contributed by atoms with Crippen molar-refractivity contribution in [2.45, 2.75) is 129 Å². The first-order chi connectivity index (χ1) is 30.9. The molecule has 2 unspecified atom stereocenters. The summed E-state index contributed by atoms with van der Waals surface area (Å²) in [5, 5.41) is 13.1. The number of hydrogen-bond donors (Lipinski definition) is 3. The van der Waals surface area contributed by atoms with E-state index in [0.29, 0.717) is 38.0 Å². The van der Waals surface area contributed by atoms with E-state index >= 15 is 0 Å². The first-order valence-corrected chi connectivity index (χ1v) is 23.8. The van der Waals surface area contributed by atoms with Gasteiger partial charge in [0.05, 0.1) is 35.5 Å². The quantitative estimate of drug-likeness (QED) is 0.0625. The highest BCUT2D eigenvalue weighted by atomic mass is 31.1. The van der Waals surface area contributed by atoms with Crippen molar-refractivity contribution in [1.82, 2.24) is 20.4 Å². The average molecular weight is 896 g/mol. The fraction of sp³-hybridized carbons (Fsp3) is 0.543. The number of benzene rings is 2. The molecule has 0 aliphatic carbocycles. The van der Waals surface area contributed by atoms with E-state index < -0.39 is 59.3 Å². The molecule has 16 nitrogen and oxygen atoms in total. The Morgan fingerprint density at radius 2 is 1.03 bits per heavy atom. The number of unbranched alkanes of at least 4 members (excludes halogenated alkanes) is 10. The highest BCUT2D eigenvalue weighted by Crippen LogP contribution is 2.35. The first-order valence-electron chi connectivity index (χ1n) is 22.5. The lowest BCUT2D eigenvalue weighted by atomic mass is 10.0. The number of aldehydes is 1. The van der Waals surface area contributed by atoms with Gasteiger partial charge in [0.2, 0.25) is 23.6 Å². The summed E-state index contributed by atoms with van der Waals surface area (Å²) in [4.78, 5) is 111. The summed E-state index contributed by atoms with van der Waals surface area (Å²) in [7, 11) is 1.08. The van der Waals surface area contributed by atoms with Gasteiger partial charge in [0.25, 0.3) is 23.6 Å². The second kappa shape index (κ2) is 27.7. The number of carbonyl (C=O) groups is 9. The lowest BCUT2D eigenvalue weighted by molar-refractivity contribution is -0.137. The number of amides is 8. The van der Waals surface area contributed by atoms with E-state index in [4.69, 9.17) is 16.0 Å². The van der Waals surface area contributed by atoms with Crippen LogP contribution in [0.5, 0.6) is 11.5 Å². The molecule has 8 amide bonds. The zero-order valence-electron chi connectivity index (χ0n) is 37.7. The highest BCUT2D eigenvalue weighted by molar-refractivity contribution is 7.35. The second-order valence-electron chi connectivity index (χ2n) is 15.0. The molecule has 2 saturated heterocycles. The number of rotatable bonds is 20. The molecule has 4 aliphatic heterocycles. The van der Waals surface area contributed by atoms with Crippen molar-refractivity contribution in [2.75, 3.05) is 33.2 Å². The summed E-state index contributed by atoms with van der Waals surface area (Å²) in [5.74, 6) is -3.59. The third-order valence-electron chi connectivity index (χ3n) is 10.4. The average Bonchev–Trinajstić information content (AvgIpc) is 3.68. The number of hydrogen-bond acceptors (Lipinski definition) is 12. The maximum absolute atomic E-state index is 12.9. The summed E-state index contributed by atoms with van der Waals surface area (Å²) in [6, 6.07) is 7.72. The fourth-order valence-corrected chi connectivity index (χ4v) is 7.35. The van der Waals surface area contributed by atoms with Gasteiger partial charge in [0.1, 0.15) is 29.9 Å². The van der Waals surface area contributed by atoms with Crippen LogP contribution in [0.3, 0.4) is 0 Å². The summed E-state index contributed by atoms with van der Waals surface area (Å²) in [5.41, 5.74) is 0.797. The van der Waals surface area contributed by atoms with E-state index in [1.165, 1.54) is 0 Å². The molecule has 344 valence electrons. The number of nitrogens with one attached hydrogen (secondary N) is 2. The molecule has 0 aromatic heterocycles. The lowest BCUT2D eigenvalue weighted by Gasteiger charge is -2.27. The number of fused-ring (bicyclic) bond motifs is 2. The van der Waals surface area contributed by atoms with Crippen LogP contribution in [0.15, 0.2) is 36.4 Å². The van der Waals surface area contributed by atoms with Gasteiger partial charge in [0.15, 0.2) is 0 Å². The molecule has 4 heterocycles. The Labute approximate surface area is 372 Å². The maximum Gasteiger partial charge on any atom is 0.266 e. The van der Waals surface area contributed by atoms with E-state index in [9.17, 15) is 43.2 Å². The molecule has 2 atom stereocenters. The molecule has 4 aliphatic rings. The molecule has 2 aromatic rings. The monoisotopic (exact) mass is 895 g/mol. The Bertz CT molecular complexity index is 1960. The normalized spacial score (nSPS) is 17.8. The van der Waals surface area contributed by atoms with Crippen LogP contribution in [-0.2, 0) is 24.0 Å². The highest BCUT2D eigenvalue weighted by Gasteiger charge is 2.47. The van der Waals surface area contributed by atoms with Gasteiger partial charge in [0, 0.05) is 27.2 Å². The second-order valence-corrected chi connectivity index (χ2v) is 16.0. The molecule has 2 aromatic carbocycles. The van der Waals surface area contributed by atoms with Gasteiger partial charge >= 0.3 is 0 Å². The van der Waals surface area contributed by atoms with Crippen LogP contribution < -0.4 is 20.1 Å². The van der Waals surface area contributed by atoms with Crippen molar-refractivity contribution in [2.24, 2.45) is 0 Å². The summed E-state index contributed by atoms with van der Waals surface area (Å²) in [6.45, 7) is 7.66. The van der Waals surface area contributed by atoms with Crippen LogP contribution in [0.4, 0.5) is 0 Å². The molecule has 17 heteroatoms. The molecule has 0 saturated carbocycles. The smallest absolute Gasteiger partial charge is 0.266 e. The van der Waals surface area contributed by atoms with Crippen molar-refractivity contribution in [3.63, 3.8) is 0 Å². The van der Waals surface area contributed by atoms with Crippen molar-refractivity contribution in [1.29, 1.82) is 0 Å². The predicted octanol–water partition coefficient (Wildman–Crippen LogP) is 5.76. The molecule has 0 radical (unpaired) electrons. The summed E-state index contributed by atoms with van der Waals surface area (Å²) < 4.78 is 17.8. The van der Waals surface area contributed by atoms with Crippen molar-refractivity contribution in [3.05, 3.63) is 58.7 Å². The maximum atomic E-state index is 12.9. The topological polar surface area (TPSA) is 223 Å². The van der Waals surface area contributed by atoms with Gasteiger partial charge in [-0.05, 0) is 76.1 Å². The summed E-state index contributed by atoms with van der Waals surface area (Å²) >= 11 is 0. The van der Waals surface area contributed by atoms with Crippen LogP contribution in [0.25, 0.3) is 0 Å². The fourth-order valence-electron chi connectivity index (χ4n) is 7.35. The van der Waals surface area contributed by atoms with Crippen molar-refractivity contribution in [3.8, 4) is 11.5 Å². The predicted molar refractivity (Wildman–Crippen MR) is 237 cm³/mol. The van der Waals surface area contributed by atoms with Crippen molar-refractivity contribution >= 4 is 62.1 Å². The van der Waals surface area contributed by atoms with Gasteiger partial charge in [-0.15, -0.1) is 8.58 Å². The standard InChI is InChI=1S/C21H26N2O6.C21H24N2O6.C2H7P.C2H6/c2*24-12-5-3-1-2-4-6-13-29-16-9-7-8-14-18(16)21(28)23(20(14)27)15-10-11-17(25)22-19(15)26;1-3-2;1-2/h7-9,15,24H,1-6,10-13H2,(H,22,25,26);7-9,12,15H,1-6,10-11,13H2,(H,22,25,26);3H,1-2H3;1-2H3/i;;;1D. The number of aliphatic hydroxyl groups is 1. The Morgan fingerprint density at radius 1 is 0.651 bits per heavy atom. The van der Waals surface area contributed by atoms with Gasteiger partial charge in [-0.2, -0.15) is 0 Å². The number of nitrogens with zero attached hydrogens (tertiary/aromatic N) is 2. The van der Waals surface area contributed by atoms with Crippen molar-refractivity contribution < 1.29 is 59.1 Å². The van der Waals surface area contributed by atoms with Crippen LogP contribution in [-0.4, -0.2) is 114 Å². The minimum atomic E-state index is -0.987. The van der Waals surface area contributed by atoms with E-state index in [0.717, 1.165) is 95.3 Å². The molecular formula is C46H63N4O12P. The van der Waals surface area contributed by atoms with Gasteiger partial charge in [-0.25, -0.2) is 0 Å². The van der Waals surface area contributed by atoms with Gasteiger partial charge in [-0.1, -0.05) is 70.9 Å². The largest absolute Gasteiger partial charge is 0.493 e. The van der Waals surface area contributed by atoms with Gasteiger partial charge < -0.3 is 19.4 Å². The van der Waals surface area contributed by atoms with E-state index in [-0.39, 0.29) is 54.5 Å². The number of piperidine rings is 2. The molecule has 3 N–H and O–H groups in total. The minimum Gasteiger partial charge on any atom is -0.493 e.